The summed E-state index contributed by atoms with van der Waals surface area (Å²) >= 11 is 0. The highest BCUT2D eigenvalue weighted by atomic mass is 32.2. The summed E-state index contributed by atoms with van der Waals surface area (Å²) in [5, 5.41) is 9.97. The van der Waals surface area contributed by atoms with Crippen LogP contribution in [-0.2, 0) is 19.9 Å². The van der Waals surface area contributed by atoms with Crippen molar-refractivity contribution in [1.82, 2.24) is 4.31 Å². The van der Waals surface area contributed by atoms with Crippen LogP contribution in [0.1, 0.15) is 5.56 Å². The standard InChI is InChI=1S/C15H22N2O5S2/c1-12-2-4-13(5-3-12)24(21,22)17-8-6-16(7-9-17)14-10-23(19,20)11-15(14)18/h2-5,14-15,18H,6-11H2,1H3/p+1/t14-,15-/m1/s1. The normalized spacial score (nSPS) is 28.9. The predicted octanol–water partition coefficient (Wildman–Crippen LogP) is -1.96. The minimum Gasteiger partial charge on any atom is -0.386 e. The van der Waals surface area contributed by atoms with Gasteiger partial charge >= 0.3 is 0 Å². The number of nitrogens with zero attached hydrogens (tertiary/aromatic N) is 1. The van der Waals surface area contributed by atoms with Crippen LogP contribution in [0.25, 0.3) is 0 Å². The van der Waals surface area contributed by atoms with E-state index in [-0.39, 0.29) is 22.4 Å². The van der Waals surface area contributed by atoms with Crippen molar-refractivity contribution >= 4 is 19.9 Å². The van der Waals surface area contributed by atoms with E-state index >= 15 is 0 Å². The molecule has 0 amide bonds. The van der Waals surface area contributed by atoms with E-state index in [9.17, 15) is 21.9 Å². The van der Waals surface area contributed by atoms with E-state index in [0.717, 1.165) is 10.5 Å². The lowest BCUT2D eigenvalue weighted by atomic mass is 10.1. The summed E-state index contributed by atoms with van der Waals surface area (Å²) in [5.41, 5.74) is 1.000. The highest BCUT2D eigenvalue weighted by Gasteiger charge is 2.44. The molecule has 0 saturated carbocycles. The molecule has 2 saturated heterocycles. The average Bonchev–Trinajstić information content (AvgIpc) is 2.81. The van der Waals surface area contributed by atoms with Crippen molar-refractivity contribution in [2.75, 3.05) is 37.7 Å². The van der Waals surface area contributed by atoms with Gasteiger partial charge in [0.25, 0.3) is 0 Å². The number of aryl methyl sites for hydroxylation is 1. The molecule has 24 heavy (non-hydrogen) atoms. The molecule has 2 fully saturated rings. The van der Waals surface area contributed by atoms with Crippen molar-refractivity contribution in [2.24, 2.45) is 0 Å². The van der Waals surface area contributed by atoms with Crippen LogP contribution in [0.2, 0.25) is 0 Å². The Morgan fingerprint density at radius 1 is 1.12 bits per heavy atom. The maximum absolute atomic E-state index is 12.7. The smallest absolute Gasteiger partial charge is 0.243 e. The first kappa shape index (κ1) is 17.8. The minimum absolute atomic E-state index is 0.0196. The van der Waals surface area contributed by atoms with Crippen molar-refractivity contribution in [3.05, 3.63) is 29.8 Å². The molecular weight excluding hydrogens is 352 g/mol. The Balaban J connectivity index is 1.68. The first-order valence-electron chi connectivity index (χ1n) is 7.99. The molecule has 2 N–H and O–H groups in total. The van der Waals surface area contributed by atoms with Crippen LogP contribution >= 0.6 is 0 Å². The number of rotatable bonds is 3. The predicted molar refractivity (Wildman–Crippen MR) is 89.1 cm³/mol. The summed E-state index contributed by atoms with van der Waals surface area (Å²) in [4.78, 5) is 1.25. The Hall–Kier alpha value is -1.00. The van der Waals surface area contributed by atoms with Crippen LogP contribution in [0.4, 0.5) is 0 Å². The molecule has 3 rings (SSSR count). The van der Waals surface area contributed by atoms with Gasteiger partial charge in [-0.2, -0.15) is 4.31 Å². The summed E-state index contributed by atoms with van der Waals surface area (Å²) in [6, 6.07) is 6.41. The zero-order valence-electron chi connectivity index (χ0n) is 13.6. The molecular formula is C15H23N2O5S2+. The molecule has 2 aliphatic rings. The molecule has 0 radical (unpaired) electrons. The molecule has 1 aromatic carbocycles. The van der Waals surface area contributed by atoms with Crippen molar-refractivity contribution in [1.29, 1.82) is 0 Å². The molecule has 0 aromatic heterocycles. The molecule has 134 valence electrons. The first-order chi connectivity index (χ1) is 11.2. The average molecular weight is 375 g/mol. The summed E-state index contributed by atoms with van der Waals surface area (Å²) in [6.45, 7) is 3.56. The number of sulfonamides is 1. The van der Waals surface area contributed by atoms with Crippen molar-refractivity contribution in [3.8, 4) is 0 Å². The molecule has 1 aromatic rings. The summed E-state index contributed by atoms with van der Waals surface area (Å²) in [5.74, 6) is -0.208. The second kappa shape index (κ2) is 6.38. The molecule has 0 spiro atoms. The maximum Gasteiger partial charge on any atom is 0.243 e. The summed E-state index contributed by atoms with van der Waals surface area (Å²) in [6.07, 6.45) is -0.856. The molecule has 7 nitrogen and oxygen atoms in total. The van der Waals surface area contributed by atoms with E-state index < -0.39 is 26.0 Å². The monoisotopic (exact) mass is 375 g/mol. The van der Waals surface area contributed by atoms with Gasteiger partial charge in [-0.1, -0.05) is 17.7 Å². The lowest BCUT2D eigenvalue weighted by Crippen LogP contribution is -3.19. The highest BCUT2D eigenvalue weighted by Crippen LogP contribution is 2.17. The number of sulfone groups is 1. The third-order valence-electron chi connectivity index (χ3n) is 4.87. The molecule has 9 heteroatoms. The largest absolute Gasteiger partial charge is 0.386 e. The SMILES string of the molecule is Cc1ccc(S(=O)(=O)N2CC[NH+]([C@@H]3CS(=O)(=O)C[C@H]3O)CC2)cc1. The van der Waals surface area contributed by atoms with Crippen LogP contribution in [0.15, 0.2) is 29.2 Å². The number of hydrogen-bond acceptors (Lipinski definition) is 5. The number of nitrogens with one attached hydrogen (secondary N) is 1. The second-order valence-electron chi connectivity index (χ2n) is 6.63. The zero-order chi connectivity index (χ0) is 17.5. The van der Waals surface area contributed by atoms with Crippen LogP contribution in [0.5, 0.6) is 0 Å². The van der Waals surface area contributed by atoms with Crippen LogP contribution in [0, 0.1) is 6.92 Å². The Morgan fingerprint density at radius 2 is 1.71 bits per heavy atom. The summed E-state index contributed by atoms with van der Waals surface area (Å²) in [7, 11) is -6.71. The first-order valence-corrected chi connectivity index (χ1v) is 11.2. The van der Waals surface area contributed by atoms with Crippen molar-refractivity contribution < 1.29 is 26.8 Å². The van der Waals surface area contributed by atoms with Gasteiger partial charge in [0.2, 0.25) is 10.0 Å². The summed E-state index contributed by atoms with van der Waals surface area (Å²) < 4.78 is 50.1. The Bertz CT molecular complexity index is 797. The Kier molecular flexibility index (Phi) is 4.73. The number of aliphatic hydroxyl groups is 1. The molecule has 2 atom stereocenters. The minimum atomic E-state index is -3.52. The van der Waals surface area contributed by atoms with Gasteiger partial charge in [-0.05, 0) is 19.1 Å². The Labute approximate surface area is 142 Å². The molecule has 0 bridgehead atoms. The van der Waals surface area contributed by atoms with Crippen LogP contribution < -0.4 is 4.90 Å². The van der Waals surface area contributed by atoms with Crippen LogP contribution in [-0.4, -0.2) is 76.1 Å². The number of piperazine rings is 1. The lowest BCUT2D eigenvalue weighted by molar-refractivity contribution is -0.928. The number of hydrogen-bond donors (Lipinski definition) is 2. The van der Waals surface area contributed by atoms with E-state index in [0.29, 0.717) is 26.2 Å². The fourth-order valence-corrected chi connectivity index (χ4v) is 6.80. The fourth-order valence-electron chi connectivity index (χ4n) is 3.46. The van der Waals surface area contributed by atoms with Gasteiger partial charge in [0.05, 0.1) is 36.8 Å². The van der Waals surface area contributed by atoms with Gasteiger partial charge in [-0.3, -0.25) is 0 Å². The van der Waals surface area contributed by atoms with E-state index in [1.165, 1.54) is 4.31 Å². The van der Waals surface area contributed by atoms with Gasteiger partial charge in [-0.25, -0.2) is 16.8 Å². The third-order valence-corrected chi connectivity index (χ3v) is 8.50. The van der Waals surface area contributed by atoms with Crippen LogP contribution in [0.3, 0.4) is 0 Å². The van der Waals surface area contributed by atoms with Gasteiger partial charge in [-0.15, -0.1) is 0 Å². The van der Waals surface area contributed by atoms with E-state index in [2.05, 4.69) is 0 Å². The van der Waals surface area contributed by atoms with E-state index in [1.807, 2.05) is 6.92 Å². The topological polar surface area (TPSA) is 96.2 Å². The molecule has 0 unspecified atom stereocenters. The van der Waals surface area contributed by atoms with Gasteiger partial charge in [0.1, 0.15) is 17.9 Å². The van der Waals surface area contributed by atoms with E-state index in [1.54, 1.807) is 24.3 Å². The van der Waals surface area contributed by atoms with Gasteiger partial charge in [0, 0.05) is 0 Å². The maximum atomic E-state index is 12.7. The van der Waals surface area contributed by atoms with Crippen molar-refractivity contribution in [2.45, 2.75) is 24.0 Å². The number of benzene rings is 1. The highest BCUT2D eigenvalue weighted by molar-refractivity contribution is 7.91. The molecule has 2 heterocycles. The van der Waals surface area contributed by atoms with E-state index in [4.69, 9.17) is 0 Å². The molecule has 0 aliphatic carbocycles. The zero-order valence-corrected chi connectivity index (χ0v) is 15.2. The van der Waals surface area contributed by atoms with Gasteiger partial charge < -0.3 is 10.0 Å². The Morgan fingerprint density at radius 3 is 2.21 bits per heavy atom. The second-order valence-corrected chi connectivity index (χ2v) is 10.7. The quantitative estimate of drug-likeness (QED) is 0.640. The fraction of sp³-hybridized carbons (Fsp3) is 0.600. The lowest BCUT2D eigenvalue weighted by Gasteiger charge is -2.35. The van der Waals surface area contributed by atoms with Crippen molar-refractivity contribution in [3.63, 3.8) is 0 Å². The number of quaternary nitrogens is 1. The molecule has 2 aliphatic heterocycles. The third kappa shape index (κ3) is 3.50. The number of aliphatic hydroxyl groups excluding tert-OH is 1. The van der Waals surface area contributed by atoms with Gasteiger partial charge in [0.15, 0.2) is 9.84 Å².